The van der Waals surface area contributed by atoms with E-state index in [2.05, 4.69) is 5.32 Å². The maximum absolute atomic E-state index is 11.3. The minimum Gasteiger partial charge on any atom is -0.370 e. The van der Waals surface area contributed by atoms with Crippen molar-refractivity contribution >= 4 is 40.3 Å². The normalized spacial score (nSPS) is 11.5. The molecular weight excluding hydrogens is 364 g/mol. The highest BCUT2D eigenvalue weighted by Gasteiger charge is 2.21. The maximum Gasteiger partial charge on any atom is 0.292 e. The van der Waals surface area contributed by atoms with Gasteiger partial charge in [0.2, 0.25) is 5.91 Å². The minimum atomic E-state index is -0.460. The summed E-state index contributed by atoms with van der Waals surface area (Å²) < 4.78 is 0. The van der Waals surface area contributed by atoms with Gasteiger partial charge in [0.1, 0.15) is 5.69 Å². The van der Waals surface area contributed by atoms with Crippen molar-refractivity contribution < 1.29 is 9.72 Å². The number of para-hydroxylation sites is 3. The molecule has 0 spiro atoms. The van der Waals surface area contributed by atoms with Crippen molar-refractivity contribution in [2.75, 3.05) is 16.8 Å². The van der Waals surface area contributed by atoms with Gasteiger partial charge >= 0.3 is 0 Å². The first kappa shape index (κ1) is 20.3. The molecule has 0 aliphatic heterocycles. The molecule has 2 rings (SSSR count). The summed E-state index contributed by atoms with van der Waals surface area (Å²) in [4.78, 5) is 23.9. The van der Waals surface area contributed by atoms with Crippen molar-refractivity contribution in [3.05, 3.63) is 64.2 Å². The number of thiocarbonyl (C=S) groups is 1. The average Bonchev–Trinajstić information content (AvgIpc) is 2.60. The summed E-state index contributed by atoms with van der Waals surface area (Å²) in [5.41, 5.74) is 7.42. The summed E-state index contributed by atoms with van der Waals surface area (Å²) in [5, 5.41) is 14.5. The molecule has 0 radical (unpaired) electrons. The van der Waals surface area contributed by atoms with E-state index < -0.39 is 4.92 Å². The Morgan fingerprint density at radius 3 is 2.52 bits per heavy atom. The van der Waals surface area contributed by atoms with Crippen LogP contribution >= 0.6 is 12.2 Å². The van der Waals surface area contributed by atoms with Gasteiger partial charge in [-0.1, -0.05) is 37.3 Å². The highest BCUT2D eigenvalue weighted by Crippen LogP contribution is 2.26. The van der Waals surface area contributed by atoms with Crippen LogP contribution < -0.4 is 16.0 Å². The largest absolute Gasteiger partial charge is 0.370 e. The summed E-state index contributed by atoms with van der Waals surface area (Å²) in [6.45, 7) is 4.30. The van der Waals surface area contributed by atoms with Crippen molar-refractivity contribution in [2.24, 2.45) is 11.7 Å². The van der Waals surface area contributed by atoms with Gasteiger partial charge in [0.25, 0.3) is 5.69 Å². The molecule has 8 heteroatoms. The zero-order valence-electron chi connectivity index (χ0n) is 15.2. The average molecular weight is 386 g/mol. The molecule has 2 aromatic rings. The topological polar surface area (TPSA) is 102 Å². The lowest BCUT2D eigenvalue weighted by Crippen LogP contribution is -2.39. The van der Waals surface area contributed by atoms with Crippen molar-refractivity contribution in [1.29, 1.82) is 0 Å². The van der Waals surface area contributed by atoms with E-state index in [0.29, 0.717) is 17.3 Å². The summed E-state index contributed by atoms with van der Waals surface area (Å²) in [6.07, 6.45) is 0.219. The molecule has 0 aromatic heterocycles. The Morgan fingerprint density at radius 1 is 1.26 bits per heavy atom. The molecule has 1 unspecified atom stereocenters. The van der Waals surface area contributed by atoms with Crippen molar-refractivity contribution in [3.63, 3.8) is 0 Å². The molecule has 142 valence electrons. The molecule has 0 saturated heterocycles. The Labute approximate surface area is 163 Å². The SMILES string of the molecule is Cc1ccccc1N(CC(C)CC(N)=O)C(=S)Nc1ccccc1[N+](=O)[O-]. The van der Waals surface area contributed by atoms with Gasteiger partial charge in [0, 0.05) is 24.7 Å². The number of rotatable bonds is 7. The molecule has 0 aliphatic carbocycles. The molecule has 3 N–H and O–H groups in total. The molecule has 27 heavy (non-hydrogen) atoms. The van der Waals surface area contributed by atoms with Crippen LogP contribution in [0.3, 0.4) is 0 Å². The van der Waals surface area contributed by atoms with E-state index in [1.165, 1.54) is 6.07 Å². The smallest absolute Gasteiger partial charge is 0.292 e. The van der Waals surface area contributed by atoms with Gasteiger partial charge in [-0.25, -0.2) is 0 Å². The van der Waals surface area contributed by atoms with E-state index >= 15 is 0 Å². The van der Waals surface area contributed by atoms with Crippen LogP contribution in [0.4, 0.5) is 17.1 Å². The van der Waals surface area contributed by atoms with Crippen molar-refractivity contribution in [2.45, 2.75) is 20.3 Å². The number of hydrogen-bond donors (Lipinski definition) is 2. The van der Waals surface area contributed by atoms with Crippen LogP contribution in [0, 0.1) is 23.0 Å². The van der Waals surface area contributed by atoms with Gasteiger partial charge in [-0.3, -0.25) is 14.9 Å². The molecule has 1 amide bonds. The lowest BCUT2D eigenvalue weighted by atomic mass is 10.1. The van der Waals surface area contributed by atoms with Gasteiger partial charge in [0.15, 0.2) is 5.11 Å². The van der Waals surface area contributed by atoms with Crippen LogP contribution in [-0.4, -0.2) is 22.5 Å². The second kappa shape index (κ2) is 9.09. The third-order valence-corrected chi connectivity index (χ3v) is 4.36. The summed E-state index contributed by atoms with van der Waals surface area (Å²) >= 11 is 5.55. The fourth-order valence-electron chi connectivity index (χ4n) is 2.80. The lowest BCUT2D eigenvalue weighted by molar-refractivity contribution is -0.383. The number of amides is 1. The summed E-state index contributed by atoms with van der Waals surface area (Å²) in [6, 6.07) is 14.0. The van der Waals surface area contributed by atoms with Gasteiger partial charge in [-0.15, -0.1) is 0 Å². The first-order chi connectivity index (χ1) is 12.8. The van der Waals surface area contributed by atoms with Gasteiger partial charge in [0.05, 0.1) is 4.92 Å². The number of anilines is 2. The first-order valence-corrected chi connectivity index (χ1v) is 8.86. The number of benzene rings is 2. The first-order valence-electron chi connectivity index (χ1n) is 8.45. The molecule has 2 aromatic carbocycles. The number of nitro benzene ring substituents is 1. The maximum atomic E-state index is 11.3. The number of primary amides is 1. The predicted molar refractivity (Wildman–Crippen MR) is 111 cm³/mol. The molecule has 0 saturated carbocycles. The van der Waals surface area contributed by atoms with Gasteiger partial charge < -0.3 is 16.0 Å². The van der Waals surface area contributed by atoms with Crippen LogP contribution in [0.1, 0.15) is 18.9 Å². The fourth-order valence-corrected chi connectivity index (χ4v) is 3.08. The number of carbonyl (C=O) groups is 1. The van der Waals surface area contributed by atoms with E-state index in [1.54, 1.807) is 18.2 Å². The third-order valence-electron chi connectivity index (χ3n) is 4.04. The Morgan fingerprint density at radius 2 is 1.89 bits per heavy atom. The summed E-state index contributed by atoms with van der Waals surface area (Å²) in [5.74, 6) is -0.433. The standard InChI is InChI=1S/C19H22N4O3S/c1-13(11-18(20)24)12-22(16-9-5-3-7-14(16)2)19(27)21-15-8-4-6-10-17(15)23(25)26/h3-10,13H,11-12H2,1-2H3,(H2,20,24)(H,21,27). The molecule has 0 bridgehead atoms. The highest BCUT2D eigenvalue weighted by atomic mass is 32.1. The number of nitrogens with one attached hydrogen (secondary N) is 1. The highest BCUT2D eigenvalue weighted by molar-refractivity contribution is 7.80. The Bertz CT molecular complexity index is 856. The second-order valence-electron chi connectivity index (χ2n) is 6.38. The molecular formula is C19H22N4O3S. The Kier molecular flexibility index (Phi) is 6.84. The lowest BCUT2D eigenvalue weighted by Gasteiger charge is -2.29. The molecule has 1 atom stereocenters. The zero-order chi connectivity index (χ0) is 20.0. The van der Waals surface area contributed by atoms with Crippen LogP contribution in [0.5, 0.6) is 0 Å². The number of aryl methyl sites for hydroxylation is 1. The molecule has 0 heterocycles. The predicted octanol–water partition coefficient (Wildman–Crippen LogP) is 3.62. The van der Waals surface area contributed by atoms with E-state index in [0.717, 1.165) is 11.3 Å². The third kappa shape index (κ3) is 5.49. The monoisotopic (exact) mass is 386 g/mol. The number of nitro groups is 1. The fraction of sp³-hybridized carbons (Fsp3) is 0.263. The van der Waals surface area contributed by atoms with E-state index in [-0.39, 0.29) is 23.9 Å². The zero-order valence-corrected chi connectivity index (χ0v) is 16.0. The molecule has 7 nitrogen and oxygen atoms in total. The quantitative estimate of drug-likeness (QED) is 0.428. The van der Waals surface area contributed by atoms with Crippen LogP contribution in [0.2, 0.25) is 0 Å². The number of carbonyl (C=O) groups excluding carboxylic acids is 1. The second-order valence-corrected chi connectivity index (χ2v) is 6.76. The molecule has 0 fully saturated rings. The van der Waals surface area contributed by atoms with Crippen LogP contribution in [-0.2, 0) is 4.79 Å². The van der Waals surface area contributed by atoms with Gasteiger partial charge in [-0.05, 0) is 42.8 Å². The van der Waals surface area contributed by atoms with Crippen LogP contribution in [0.25, 0.3) is 0 Å². The van der Waals surface area contributed by atoms with Crippen LogP contribution in [0.15, 0.2) is 48.5 Å². The van der Waals surface area contributed by atoms with E-state index in [9.17, 15) is 14.9 Å². The van der Waals surface area contributed by atoms with E-state index in [4.69, 9.17) is 18.0 Å². The van der Waals surface area contributed by atoms with Crippen molar-refractivity contribution in [1.82, 2.24) is 0 Å². The number of nitrogens with zero attached hydrogens (tertiary/aromatic N) is 2. The van der Waals surface area contributed by atoms with Gasteiger partial charge in [-0.2, -0.15) is 0 Å². The van der Waals surface area contributed by atoms with E-state index in [1.807, 2.05) is 43.0 Å². The Balaban J connectivity index is 2.33. The summed E-state index contributed by atoms with van der Waals surface area (Å²) in [7, 11) is 0. The van der Waals surface area contributed by atoms with Crippen molar-refractivity contribution in [3.8, 4) is 0 Å². The number of nitrogens with two attached hydrogens (primary N) is 1. The Hall–Kier alpha value is -3.00. The number of hydrogen-bond acceptors (Lipinski definition) is 4. The molecule has 0 aliphatic rings. The minimum absolute atomic E-state index is 0.0485.